The fourth-order valence-corrected chi connectivity index (χ4v) is 3.51. The number of carboxylic acid groups (broad SMARTS) is 1. The minimum absolute atomic E-state index is 0. The van der Waals surface area contributed by atoms with Crippen molar-refractivity contribution in [3.05, 3.63) is 0 Å². The second kappa shape index (κ2) is 7.46. The predicted octanol–water partition coefficient (Wildman–Crippen LogP) is 2.55. The lowest BCUT2D eigenvalue weighted by molar-refractivity contribution is -0.143. The zero-order valence-electron chi connectivity index (χ0n) is 11.9. The van der Waals surface area contributed by atoms with Crippen LogP contribution in [-0.4, -0.2) is 47.3 Å². The maximum absolute atomic E-state index is 11.4. The van der Waals surface area contributed by atoms with Crippen LogP contribution < -0.4 is 0 Å². The van der Waals surface area contributed by atoms with E-state index in [0.717, 1.165) is 19.4 Å². The Morgan fingerprint density at radius 3 is 2.68 bits per heavy atom. The van der Waals surface area contributed by atoms with Crippen molar-refractivity contribution < 1.29 is 14.6 Å². The molecule has 3 atom stereocenters. The number of hydrogen-bond donors (Lipinski definition) is 1. The third-order valence-electron chi connectivity index (χ3n) is 4.31. The summed E-state index contributed by atoms with van der Waals surface area (Å²) in [6.07, 6.45) is 5.94. The number of fused-ring (bicyclic) bond motifs is 1. The van der Waals surface area contributed by atoms with Crippen molar-refractivity contribution in [2.75, 3.05) is 13.2 Å². The van der Waals surface area contributed by atoms with Gasteiger partial charge in [0.15, 0.2) is 0 Å². The van der Waals surface area contributed by atoms with Gasteiger partial charge in [-0.3, -0.25) is 9.69 Å². The molecule has 4 nitrogen and oxygen atoms in total. The van der Waals surface area contributed by atoms with Gasteiger partial charge in [0.05, 0.1) is 12.7 Å². The zero-order valence-corrected chi connectivity index (χ0v) is 12.7. The molecular formula is C14H26ClNO3. The molecule has 3 unspecified atom stereocenters. The SMILES string of the molecule is CC(C)OCCN1C(C(=O)O)CC2CCCCC21.Cl. The van der Waals surface area contributed by atoms with E-state index in [2.05, 4.69) is 4.90 Å². The molecule has 0 radical (unpaired) electrons. The van der Waals surface area contributed by atoms with E-state index in [1.807, 2.05) is 13.8 Å². The zero-order chi connectivity index (χ0) is 13.1. The number of hydrogen-bond acceptors (Lipinski definition) is 3. The molecule has 0 aromatic rings. The molecule has 1 N–H and O–H groups in total. The Balaban J connectivity index is 0.00000180. The van der Waals surface area contributed by atoms with E-state index in [1.54, 1.807) is 0 Å². The van der Waals surface area contributed by atoms with Crippen LogP contribution in [0.1, 0.15) is 46.0 Å². The molecule has 0 amide bonds. The number of halogens is 1. The molecule has 5 heteroatoms. The summed E-state index contributed by atoms with van der Waals surface area (Å²) in [6.45, 7) is 5.44. The molecule has 2 rings (SSSR count). The highest BCUT2D eigenvalue weighted by Crippen LogP contribution is 2.39. The first-order valence-electron chi connectivity index (χ1n) is 7.19. The number of aliphatic carboxylic acids is 1. The van der Waals surface area contributed by atoms with Crippen LogP contribution in [0.2, 0.25) is 0 Å². The molecule has 0 spiro atoms. The van der Waals surface area contributed by atoms with Crippen LogP contribution in [0.25, 0.3) is 0 Å². The van der Waals surface area contributed by atoms with Crippen molar-refractivity contribution in [3.63, 3.8) is 0 Å². The average Bonchev–Trinajstić information content (AvgIpc) is 2.68. The highest BCUT2D eigenvalue weighted by molar-refractivity contribution is 5.85. The fourth-order valence-electron chi connectivity index (χ4n) is 3.51. The molecule has 1 saturated heterocycles. The Morgan fingerprint density at radius 2 is 2.05 bits per heavy atom. The summed E-state index contributed by atoms with van der Waals surface area (Å²) in [5.74, 6) is -0.0622. The molecule has 2 aliphatic rings. The lowest BCUT2D eigenvalue weighted by Crippen LogP contribution is -2.44. The predicted molar refractivity (Wildman–Crippen MR) is 76.8 cm³/mol. The fraction of sp³-hybridized carbons (Fsp3) is 0.929. The molecule has 112 valence electrons. The molecule has 0 aromatic carbocycles. The molecular weight excluding hydrogens is 266 g/mol. The number of carboxylic acids is 1. The standard InChI is InChI=1S/C14H25NO3.ClH/c1-10(2)18-8-7-15-12-6-4-3-5-11(12)9-13(15)14(16)17;/h10-13H,3-9H2,1-2H3,(H,16,17);1H. The van der Waals surface area contributed by atoms with Crippen LogP contribution in [0.3, 0.4) is 0 Å². The van der Waals surface area contributed by atoms with Gasteiger partial charge in [-0.05, 0) is 39.0 Å². The Labute approximate surface area is 121 Å². The summed E-state index contributed by atoms with van der Waals surface area (Å²) in [7, 11) is 0. The first kappa shape index (κ1) is 16.7. The van der Waals surface area contributed by atoms with Crippen LogP contribution in [0.5, 0.6) is 0 Å². The van der Waals surface area contributed by atoms with Gasteiger partial charge in [-0.2, -0.15) is 0 Å². The number of rotatable bonds is 5. The Bertz CT molecular complexity index is 298. The van der Waals surface area contributed by atoms with E-state index in [9.17, 15) is 9.90 Å². The van der Waals surface area contributed by atoms with Gasteiger partial charge in [-0.15, -0.1) is 12.4 Å². The van der Waals surface area contributed by atoms with Gasteiger partial charge in [0, 0.05) is 12.6 Å². The molecule has 1 aliphatic carbocycles. The number of carbonyl (C=O) groups is 1. The Hall–Kier alpha value is -0.320. The van der Waals surface area contributed by atoms with E-state index in [1.165, 1.54) is 19.3 Å². The lowest BCUT2D eigenvalue weighted by atomic mass is 9.85. The van der Waals surface area contributed by atoms with Crippen LogP contribution in [0.4, 0.5) is 0 Å². The molecule has 0 aromatic heterocycles. The van der Waals surface area contributed by atoms with Gasteiger partial charge in [0.25, 0.3) is 0 Å². The second-order valence-corrected chi connectivity index (χ2v) is 5.86. The van der Waals surface area contributed by atoms with E-state index in [0.29, 0.717) is 18.6 Å². The van der Waals surface area contributed by atoms with E-state index >= 15 is 0 Å². The molecule has 1 heterocycles. The Kier molecular flexibility index (Phi) is 6.57. The number of nitrogens with zero attached hydrogens (tertiary/aromatic N) is 1. The first-order valence-corrected chi connectivity index (χ1v) is 7.19. The summed E-state index contributed by atoms with van der Waals surface area (Å²) < 4.78 is 5.58. The second-order valence-electron chi connectivity index (χ2n) is 5.86. The lowest BCUT2D eigenvalue weighted by Gasteiger charge is -2.33. The largest absolute Gasteiger partial charge is 0.480 e. The third-order valence-corrected chi connectivity index (χ3v) is 4.31. The summed E-state index contributed by atoms with van der Waals surface area (Å²) in [5, 5.41) is 9.36. The van der Waals surface area contributed by atoms with Gasteiger partial charge in [-0.1, -0.05) is 12.8 Å². The van der Waals surface area contributed by atoms with Crippen LogP contribution >= 0.6 is 12.4 Å². The third kappa shape index (κ3) is 4.07. The smallest absolute Gasteiger partial charge is 0.320 e. The minimum atomic E-state index is -0.658. The number of likely N-dealkylation sites (tertiary alicyclic amines) is 1. The maximum atomic E-state index is 11.4. The van der Waals surface area contributed by atoms with Gasteiger partial charge in [0.2, 0.25) is 0 Å². The molecule has 1 aliphatic heterocycles. The van der Waals surface area contributed by atoms with E-state index in [4.69, 9.17) is 4.74 Å². The average molecular weight is 292 g/mol. The van der Waals surface area contributed by atoms with Crippen molar-refractivity contribution in [3.8, 4) is 0 Å². The molecule has 2 fully saturated rings. The van der Waals surface area contributed by atoms with E-state index in [-0.39, 0.29) is 24.6 Å². The Morgan fingerprint density at radius 1 is 1.37 bits per heavy atom. The highest BCUT2D eigenvalue weighted by atomic mass is 35.5. The maximum Gasteiger partial charge on any atom is 0.320 e. The summed E-state index contributed by atoms with van der Waals surface area (Å²) in [6, 6.07) is 0.199. The van der Waals surface area contributed by atoms with Gasteiger partial charge < -0.3 is 9.84 Å². The summed E-state index contributed by atoms with van der Waals surface area (Å²) in [5.41, 5.74) is 0. The van der Waals surface area contributed by atoms with Gasteiger partial charge >= 0.3 is 5.97 Å². The van der Waals surface area contributed by atoms with Crippen LogP contribution in [0.15, 0.2) is 0 Å². The molecule has 1 saturated carbocycles. The van der Waals surface area contributed by atoms with Crippen molar-refractivity contribution in [2.45, 2.75) is 64.1 Å². The van der Waals surface area contributed by atoms with Gasteiger partial charge in [-0.25, -0.2) is 0 Å². The topological polar surface area (TPSA) is 49.8 Å². The van der Waals surface area contributed by atoms with Crippen molar-refractivity contribution in [2.24, 2.45) is 5.92 Å². The highest BCUT2D eigenvalue weighted by Gasteiger charge is 2.44. The quantitative estimate of drug-likeness (QED) is 0.846. The normalized spacial score (nSPS) is 31.0. The first-order chi connectivity index (χ1) is 8.59. The van der Waals surface area contributed by atoms with Crippen LogP contribution in [-0.2, 0) is 9.53 Å². The van der Waals surface area contributed by atoms with Crippen molar-refractivity contribution in [1.29, 1.82) is 0 Å². The van der Waals surface area contributed by atoms with Crippen molar-refractivity contribution in [1.82, 2.24) is 4.90 Å². The molecule has 19 heavy (non-hydrogen) atoms. The summed E-state index contributed by atoms with van der Waals surface area (Å²) in [4.78, 5) is 13.6. The van der Waals surface area contributed by atoms with Crippen LogP contribution in [0, 0.1) is 5.92 Å². The van der Waals surface area contributed by atoms with Crippen molar-refractivity contribution >= 4 is 18.4 Å². The van der Waals surface area contributed by atoms with Gasteiger partial charge in [0.1, 0.15) is 6.04 Å². The molecule has 0 bridgehead atoms. The summed E-state index contributed by atoms with van der Waals surface area (Å²) >= 11 is 0. The monoisotopic (exact) mass is 291 g/mol. The number of ether oxygens (including phenoxy) is 1. The van der Waals surface area contributed by atoms with E-state index < -0.39 is 5.97 Å². The minimum Gasteiger partial charge on any atom is -0.480 e.